The van der Waals surface area contributed by atoms with Crippen LogP contribution in [0.25, 0.3) is 0 Å². The maximum Gasteiger partial charge on any atom is 0.253 e. The van der Waals surface area contributed by atoms with Crippen molar-refractivity contribution >= 4 is 17.5 Å². The van der Waals surface area contributed by atoms with Crippen molar-refractivity contribution in [3.8, 4) is 5.75 Å². The molecule has 1 aromatic carbocycles. The molecule has 13 heavy (non-hydrogen) atoms. The average Bonchev–Trinajstić information content (AvgIpc) is 2.04. The van der Waals surface area contributed by atoms with E-state index in [-0.39, 0.29) is 16.3 Å². The van der Waals surface area contributed by atoms with Crippen LogP contribution in [0.2, 0.25) is 5.02 Å². The van der Waals surface area contributed by atoms with Gasteiger partial charge >= 0.3 is 0 Å². The molecule has 0 saturated heterocycles. The Labute approximate surface area is 79.2 Å². The van der Waals surface area contributed by atoms with Gasteiger partial charge in [-0.15, -0.1) is 0 Å². The van der Waals surface area contributed by atoms with Gasteiger partial charge in [0.1, 0.15) is 0 Å². The fraction of sp³-hybridized carbons (Fsp3) is 0.125. The summed E-state index contributed by atoms with van der Waals surface area (Å²) in [7, 11) is 1.29. The van der Waals surface area contributed by atoms with Crippen LogP contribution in [0.3, 0.4) is 0 Å². The van der Waals surface area contributed by atoms with E-state index in [1.807, 2.05) is 0 Å². The normalized spacial score (nSPS) is 9.77. The lowest BCUT2D eigenvalue weighted by atomic mass is 10.2. The van der Waals surface area contributed by atoms with Crippen molar-refractivity contribution in [2.75, 3.05) is 7.11 Å². The molecular weight excluding hydrogens is 197 g/mol. The summed E-state index contributed by atoms with van der Waals surface area (Å²) in [5.74, 6) is -1.80. The third kappa shape index (κ3) is 1.72. The maximum absolute atomic E-state index is 13.3. The number of methoxy groups -OCH3 is 1. The summed E-state index contributed by atoms with van der Waals surface area (Å²) in [6.45, 7) is 0. The Balaban J connectivity index is 3.38. The molecule has 1 rings (SSSR count). The van der Waals surface area contributed by atoms with Crippen LogP contribution in [0.5, 0.6) is 5.75 Å². The lowest BCUT2D eigenvalue weighted by Crippen LogP contribution is -2.14. The molecule has 0 spiro atoms. The molecule has 1 amide bonds. The number of hydrogen-bond donors (Lipinski definition) is 1. The molecule has 0 saturated carbocycles. The van der Waals surface area contributed by atoms with Crippen LogP contribution in [-0.2, 0) is 0 Å². The highest BCUT2D eigenvalue weighted by atomic mass is 35.5. The third-order valence-electron chi connectivity index (χ3n) is 1.52. The van der Waals surface area contributed by atoms with Crippen LogP contribution in [0, 0.1) is 5.82 Å². The summed E-state index contributed by atoms with van der Waals surface area (Å²) < 4.78 is 17.9. The number of ether oxygens (including phenoxy) is 1. The first-order valence-electron chi connectivity index (χ1n) is 3.39. The second-order valence-electron chi connectivity index (χ2n) is 2.30. The number of amides is 1. The van der Waals surface area contributed by atoms with Gasteiger partial charge in [0, 0.05) is 0 Å². The summed E-state index contributed by atoms with van der Waals surface area (Å²) in [4.78, 5) is 10.8. The van der Waals surface area contributed by atoms with Gasteiger partial charge in [-0.05, 0) is 12.1 Å². The van der Waals surface area contributed by atoms with E-state index in [0.29, 0.717) is 0 Å². The lowest BCUT2D eigenvalue weighted by Gasteiger charge is -2.05. The quantitative estimate of drug-likeness (QED) is 0.794. The van der Waals surface area contributed by atoms with E-state index in [1.54, 1.807) is 0 Å². The average molecular weight is 204 g/mol. The number of primary amides is 1. The number of halogens is 2. The monoisotopic (exact) mass is 203 g/mol. The van der Waals surface area contributed by atoms with Gasteiger partial charge in [-0.3, -0.25) is 4.79 Å². The van der Waals surface area contributed by atoms with Gasteiger partial charge in [-0.25, -0.2) is 4.39 Å². The van der Waals surface area contributed by atoms with Crippen molar-refractivity contribution in [1.82, 2.24) is 0 Å². The van der Waals surface area contributed by atoms with Gasteiger partial charge in [0.2, 0.25) is 0 Å². The first-order valence-corrected chi connectivity index (χ1v) is 3.77. The molecule has 5 heteroatoms. The highest BCUT2D eigenvalue weighted by Gasteiger charge is 2.16. The molecule has 3 nitrogen and oxygen atoms in total. The minimum absolute atomic E-state index is 0.0224. The van der Waals surface area contributed by atoms with E-state index < -0.39 is 11.7 Å². The van der Waals surface area contributed by atoms with E-state index in [9.17, 15) is 9.18 Å². The van der Waals surface area contributed by atoms with E-state index >= 15 is 0 Å². The van der Waals surface area contributed by atoms with E-state index in [0.717, 1.165) is 0 Å². The molecule has 0 bridgehead atoms. The summed E-state index contributed by atoms with van der Waals surface area (Å²) in [5.41, 5.74) is 4.57. The topological polar surface area (TPSA) is 52.3 Å². The molecule has 0 atom stereocenters. The first kappa shape index (κ1) is 9.80. The summed E-state index contributed by atoms with van der Waals surface area (Å²) in [5, 5.41) is -0.0224. The van der Waals surface area contributed by atoms with Gasteiger partial charge in [-0.2, -0.15) is 0 Å². The largest absolute Gasteiger partial charge is 0.494 e. The van der Waals surface area contributed by atoms with Gasteiger partial charge in [0.25, 0.3) is 5.91 Å². The first-order chi connectivity index (χ1) is 6.07. The van der Waals surface area contributed by atoms with Gasteiger partial charge in [0.05, 0.1) is 17.7 Å². The van der Waals surface area contributed by atoms with E-state index in [4.69, 9.17) is 17.3 Å². The molecule has 70 valence electrons. The van der Waals surface area contributed by atoms with E-state index in [1.165, 1.54) is 19.2 Å². The SMILES string of the molecule is COc1ccc(Cl)c(C(N)=O)c1F. The molecule has 0 radical (unpaired) electrons. The zero-order chi connectivity index (χ0) is 10.0. The van der Waals surface area contributed by atoms with Crippen LogP contribution < -0.4 is 10.5 Å². The molecule has 0 aliphatic rings. The van der Waals surface area contributed by atoms with Crippen molar-refractivity contribution in [3.63, 3.8) is 0 Å². The summed E-state index contributed by atoms with van der Waals surface area (Å²) >= 11 is 5.56. The number of benzene rings is 1. The zero-order valence-corrected chi connectivity index (χ0v) is 7.56. The smallest absolute Gasteiger partial charge is 0.253 e. The Hall–Kier alpha value is -1.29. The summed E-state index contributed by atoms with van der Waals surface area (Å²) in [6, 6.07) is 2.67. The minimum atomic E-state index is -0.915. The Morgan fingerprint density at radius 2 is 2.23 bits per heavy atom. The fourth-order valence-corrected chi connectivity index (χ4v) is 1.16. The van der Waals surface area contributed by atoms with Crippen LogP contribution in [0.4, 0.5) is 4.39 Å². The van der Waals surface area contributed by atoms with Crippen LogP contribution in [0.1, 0.15) is 10.4 Å². The highest BCUT2D eigenvalue weighted by molar-refractivity contribution is 6.33. The van der Waals surface area contributed by atoms with Crippen molar-refractivity contribution in [2.24, 2.45) is 5.73 Å². The molecule has 2 N–H and O–H groups in total. The molecule has 0 aliphatic heterocycles. The molecule has 0 heterocycles. The minimum Gasteiger partial charge on any atom is -0.494 e. The molecular formula is C8H7ClFNO2. The zero-order valence-electron chi connectivity index (χ0n) is 6.80. The molecule has 0 aromatic heterocycles. The Kier molecular flexibility index (Phi) is 2.72. The molecule has 0 aliphatic carbocycles. The fourth-order valence-electron chi connectivity index (χ4n) is 0.917. The summed E-state index contributed by atoms with van der Waals surface area (Å²) in [6.07, 6.45) is 0. The van der Waals surface area contributed by atoms with Gasteiger partial charge in [-0.1, -0.05) is 11.6 Å². The maximum atomic E-state index is 13.3. The number of hydrogen-bond acceptors (Lipinski definition) is 2. The van der Waals surface area contributed by atoms with Crippen molar-refractivity contribution in [2.45, 2.75) is 0 Å². The molecule has 0 unspecified atom stereocenters. The standard InChI is InChI=1S/C8H7ClFNO2/c1-13-5-3-2-4(9)6(7(5)10)8(11)12/h2-3H,1H3,(H2,11,12). The number of nitrogens with two attached hydrogens (primary N) is 1. The molecule has 1 aromatic rings. The lowest BCUT2D eigenvalue weighted by molar-refractivity contribution is 0.0996. The molecule has 0 fully saturated rings. The Morgan fingerprint density at radius 1 is 1.62 bits per heavy atom. The van der Waals surface area contributed by atoms with Crippen LogP contribution >= 0.6 is 11.6 Å². The second kappa shape index (κ2) is 3.62. The number of rotatable bonds is 2. The van der Waals surface area contributed by atoms with Gasteiger partial charge < -0.3 is 10.5 Å². The Morgan fingerprint density at radius 3 is 2.69 bits per heavy atom. The van der Waals surface area contributed by atoms with Crippen LogP contribution in [-0.4, -0.2) is 13.0 Å². The van der Waals surface area contributed by atoms with Gasteiger partial charge in [0.15, 0.2) is 11.6 Å². The van der Waals surface area contributed by atoms with Crippen molar-refractivity contribution in [3.05, 3.63) is 28.5 Å². The predicted octanol–water partition coefficient (Wildman–Crippen LogP) is 1.59. The number of carbonyl (C=O) groups is 1. The van der Waals surface area contributed by atoms with Crippen molar-refractivity contribution in [1.29, 1.82) is 0 Å². The Bertz CT molecular complexity index is 354. The second-order valence-corrected chi connectivity index (χ2v) is 2.71. The number of carbonyl (C=O) groups excluding carboxylic acids is 1. The van der Waals surface area contributed by atoms with Crippen molar-refractivity contribution < 1.29 is 13.9 Å². The van der Waals surface area contributed by atoms with E-state index in [2.05, 4.69) is 4.74 Å². The predicted molar refractivity (Wildman–Crippen MR) is 46.5 cm³/mol. The third-order valence-corrected chi connectivity index (χ3v) is 1.84. The van der Waals surface area contributed by atoms with Crippen LogP contribution in [0.15, 0.2) is 12.1 Å². The highest BCUT2D eigenvalue weighted by Crippen LogP contribution is 2.26.